The van der Waals surface area contributed by atoms with Gasteiger partial charge in [0.25, 0.3) is 5.91 Å². The van der Waals surface area contributed by atoms with E-state index in [0.717, 1.165) is 10.5 Å². The molecule has 0 spiro atoms. The van der Waals surface area contributed by atoms with Gasteiger partial charge in [-0.1, -0.05) is 36.4 Å². The quantitative estimate of drug-likeness (QED) is 0.530. The van der Waals surface area contributed by atoms with Crippen molar-refractivity contribution >= 4 is 17.9 Å². The molecule has 0 aromatic heterocycles. The first-order valence-corrected chi connectivity index (χ1v) is 9.48. The number of nitrogens with zero attached hydrogens (tertiary/aromatic N) is 1. The van der Waals surface area contributed by atoms with Gasteiger partial charge >= 0.3 is 12.0 Å². The minimum Gasteiger partial charge on any atom is -0.494 e. The van der Waals surface area contributed by atoms with Gasteiger partial charge in [-0.25, -0.2) is 9.18 Å². The first-order valence-electron chi connectivity index (χ1n) is 9.48. The number of halogens is 1. The Bertz CT molecular complexity index is 950. The summed E-state index contributed by atoms with van der Waals surface area (Å²) in [4.78, 5) is 38.0. The summed E-state index contributed by atoms with van der Waals surface area (Å²) in [6, 6.07) is 13.2. The number of aryl methyl sites for hydroxylation is 1. The van der Waals surface area contributed by atoms with Crippen molar-refractivity contribution in [1.29, 1.82) is 0 Å². The highest BCUT2D eigenvalue weighted by Gasteiger charge is 2.48. The van der Waals surface area contributed by atoms with E-state index in [-0.39, 0.29) is 12.4 Å². The maximum Gasteiger partial charge on any atom is 0.326 e. The number of hydrogen-bond acceptors (Lipinski definition) is 5. The van der Waals surface area contributed by atoms with E-state index in [0.29, 0.717) is 18.4 Å². The molecule has 158 valence electrons. The molecule has 0 saturated carbocycles. The molecule has 2 aromatic carbocycles. The SMILES string of the molecule is COc1ccc(COC(=O)CN2C(=O)N[C@@](C)(CCc3ccccc3)C2=O)cc1F. The number of carbonyl (C=O) groups excluding carboxylic acids is 3. The molecule has 3 rings (SSSR count). The van der Waals surface area contributed by atoms with Crippen LogP contribution in [0.1, 0.15) is 24.5 Å². The third-order valence-electron chi connectivity index (χ3n) is 5.00. The zero-order chi connectivity index (χ0) is 21.7. The van der Waals surface area contributed by atoms with Crippen LogP contribution in [0.3, 0.4) is 0 Å². The van der Waals surface area contributed by atoms with Crippen LogP contribution in [0.5, 0.6) is 5.75 Å². The Labute approximate surface area is 173 Å². The molecule has 1 fully saturated rings. The summed E-state index contributed by atoms with van der Waals surface area (Å²) >= 11 is 0. The average molecular weight is 414 g/mol. The second kappa shape index (κ2) is 8.94. The highest BCUT2D eigenvalue weighted by molar-refractivity contribution is 6.08. The highest BCUT2D eigenvalue weighted by Crippen LogP contribution is 2.23. The minimum absolute atomic E-state index is 0.0826. The van der Waals surface area contributed by atoms with Crippen LogP contribution in [-0.4, -0.2) is 42.0 Å². The molecule has 1 aliphatic heterocycles. The van der Waals surface area contributed by atoms with Crippen molar-refractivity contribution in [3.63, 3.8) is 0 Å². The molecule has 8 heteroatoms. The molecule has 0 radical (unpaired) electrons. The van der Waals surface area contributed by atoms with Crippen molar-refractivity contribution in [2.75, 3.05) is 13.7 Å². The van der Waals surface area contributed by atoms with Gasteiger partial charge in [0, 0.05) is 0 Å². The second-order valence-corrected chi connectivity index (χ2v) is 7.27. The van der Waals surface area contributed by atoms with E-state index in [2.05, 4.69) is 5.32 Å². The molecule has 0 unspecified atom stereocenters. The lowest BCUT2D eigenvalue weighted by atomic mass is 9.93. The molecule has 30 heavy (non-hydrogen) atoms. The van der Waals surface area contributed by atoms with E-state index in [1.54, 1.807) is 13.0 Å². The number of hydrogen-bond donors (Lipinski definition) is 1. The van der Waals surface area contributed by atoms with Crippen LogP contribution in [-0.2, 0) is 27.4 Å². The molecule has 1 N–H and O–H groups in total. The summed E-state index contributed by atoms with van der Waals surface area (Å²) in [5.41, 5.74) is 0.378. The second-order valence-electron chi connectivity index (χ2n) is 7.27. The topological polar surface area (TPSA) is 84.9 Å². The number of nitrogens with one attached hydrogen (secondary N) is 1. The lowest BCUT2D eigenvalue weighted by Gasteiger charge is -2.21. The Balaban J connectivity index is 1.55. The number of carbonyl (C=O) groups is 3. The van der Waals surface area contributed by atoms with Gasteiger partial charge in [0.15, 0.2) is 11.6 Å². The van der Waals surface area contributed by atoms with Crippen LogP contribution in [0.15, 0.2) is 48.5 Å². The number of urea groups is 1. The summed E-state index contributed by atoms with van der Waals surface area (Å²) in [5, 5.41) is 2.67. The van der Waals surface area contributed by atoms with Gasteiger partial charge in [0.2, 0.25) is 0 Å². The molecular weight excluding hydrogens is 391 g/mol. The molecule has 1 atom stereocenters. The van der Waals surface area contributed by atoms with Gasteiger partial charge in [-0.2, -0.15) is 0 Å². The summed E-state index contributed by atoms with van der Waals surface area (Å²) in [5.74, 6) is -1.73. The van der Waals surface area contributed by atoms with Crippen LogP contribution in [0.2, 0.25) is 0 Å². The Morgan fingerprint density at radius 1 is 1.13 bits per heavy atom. The molecule has 7 nitrogen and oxygen atoms in total. The van der Waals surface area contributed by atoms with Crippen molar-refractivity contribution in [1.82, 2.24) is 10.2 Å². The van der Waals surface area contributed by atoms with Crippen molar-refractivity contribution in [3.8, 4) is 5.75 Å². The van der Waals surface area contributed by atoms with Gasteiger partial charge in [-0.3, -0.25) is 14.5 Å². The Kier molecular flexibility index (Phi) is 6.34. The van der Waals surface area contributed by atoms with E-state index in [1.807, 2.05) is 30.3 Å². The monoisotopic (exact) mass is 414 g/mol. The molecule has 0 bridgehead atoms. The van der Waals surface area contributed by atoms with E-state index < -0.39 is 35.8 Å². The van der Waals surface area contributed by atoms with Gasteiger partial charge in [-0.05, 0) is 43.0 Å². The summed E-state index contributed by atoms with van der Waals surface area (Å²) in [7, 11) is 1.35. The third kappa shape index (κ3) is 4.76. The predicted molar refractivity (Wildman–Crippen MR) is 106 cm³/mol. The fourth-order valence-electron chi connectivity index (χ4n) is 3.24. The Hall–Kier alpha value is -3.42. The molecule has 1 aliphatic rings. The van der Waals surface area contributed by atoms with Crippen LogP contribution < -0.4 is 10.1 Å². The van der Waals surface area contributed by atoms with Crippen molar-refractivity contribution in [2.24, 2.45) is 0 Å². The van der Waals surface area contributed by atoms with Crippen molar-refractivity contribution in [3.05, 3.63) is 65.5 Å². The smallest absolute Gasteiger partial charge is 0.326 e. The number of esters is 1. The Morgan fingerprint density at radius 3 is 2.53 bits per heavy atom. The molecule has 2 aromatic rings. The van der Waals surface area contributed by atoms with Crippen LogP contribution in [0.4, 0.5) is 9.18 Å². The number of imide groups is 1. The maximum atomic E-state index is 13.7. The van der Waals surface area contributed by atoms with Gasteiger partial charge in [0.05, 0.1) is 7.11 Å². The molecule has 1 saturated heterocycles. The normalized spacial score (nSPS) is 18.3. The molecule has 0 aliphatic carbocycles. The fraction of sp³-hybridized carbons (Fsp3) is 0.318. The maximum absolute atomic E-state index is 13.7. The molecule has 1 heterocycles. The number of benzene rings is 2. The standard InChI is InChI=1S/C22H23FN2O5/c1-22(11-10-15-6-4-3-5-7-15)20(27)25(21(28)24-22)13-19(26)30-14-16-8-9-18(29-2)17(23)12-16/h3-9,12H,10-11,13-14H2,1-2H3,(H,24,28)/t22-/m0/s1. The van der Waals surface area contributed by atoms with Gasteiger partial charge in [-0.15, -0.1) is 0 Å². The number of amides is 3. The lowest BCUT2D eigenvalue weighted by Crippen LogP contribution is -2.44. The number of methoxy groups -OCH3 is 1. The summed E-state index contributed by atoms with van der Waals surface area (Å²) in [6.07, 6.45) is 1.00. The highest BCUT2D eigenvalue weighted by atomic mass is 19.1. The minimum atomic E-state index is -1.09. The van der Waals surface area contributed by atoms with Crippen LogP contribution in [0, 0.1) is 5.82 Å². The first-order chi connectivity index (χ1) is 14.3. The van der Waals surface area contributed by atoms with E-state index in [4.69, 9.17) is 9.47 Å². The lowest BCUT2D eigenvalue weighted by molar-refractivity contribution is -0.148. The predicted octanol–water partition coefficient (Wildman–Crippen LogP) is 2.82. The van der Waals surface area contributed by atoms with Crippen LogP contribution >= 0.6 is 0 Å². The number of rotatable bonds is 8. The van der Waals surface area contributed by atoms with E-state index in [9.17, 15) is 18.8 Å². The van der Waals surface area contributed by atoms with Gasteiger partial charge in [0.1, 0.15) is 18.7 Å². The Morgan fingerprint density at radius 2 is 1.87 bits per heavy atom. The van der Waals surface area contributed by atoms with Crippen molar-refractivity contribution in [2.45, 2.75) is 31.9 Å². The van der Waals surface area contributed by atoms with Gasteiger partial charge < -0.3 is 14.8 Å². The molecule has 3 amide bonds. The largest absolute Gasteiger partial charge is 0.494 e. The summed E-state index contributed by atoms with van der Waals surface area (Å²) < 4.78 is 23.6. The van der Waals surface area contributed by atoms with Crippen molar-refractivity contribution < 1.29 is 28.2 Å². The third-order valence-corrected chi connectivity index (χ3v) is 5.00. The first kappa shape index (κ1) is 21.3. The molecular formula is C22H23FN2O5. The number of ether oxygens (including phenoxy) is 2. The van der Waals surface area contributed by atoms with E-state index >= 15 is 0 Å². The average Bonchev–Trinajstić information content (AvgIpc) is 2.95. The zero-order valence-corrected chi connectivity index (χ0v) is 16.8. The fourth-order valence-corrected chi connectivity index (χ4v) is 3.24. The van der Waals surface area contributed by atoms with Crippen LogP contribution in [0.25, 0.3) is 0 Å². The van der Waals surface area contributed by atoms with E-state index in [1.165, 1.54) is 19.2 Å². The summed E-state index contributed by atoms with van der Waals surface area (Å²) in [6.45, 7) is 0.945. The zero-order valence-electron chi connectivity index (χ0n) is 16.8.